The van der Waals surface area contributed by atoms with Gasteiger partial charge in [0.05, 0.1) is 0 Å². The van der Waals surface area contributed by atoms with Gasteiger partial charge < -0.3 is 5.32 Å². The van der Waals surface area contributed by atoms with Gasteiger partial charge in [0.15, 0.2) is 0 Å². The van der Waals surface area contributed by atoms with E-state index in [-0.39, 0.29) is 0 Å². The molecule has 1 fully saturated rings. The fraction of sp³-hybridized carbons (Fsp3) is 0.429. The first kappa shape index (κ1) is 14.0. The quantitative estimate of drug-likeness (QED) is 0.861. The van der Waals surface area contributed by atoms with E-state index in [0.717, 1.165) is 27.8 Å². The molecule has 3 rings (SSSR count). The molecule has 20 heavy (non-hydrogen) atoms. The van der Waals surface area contributed by atoms with Gasteiger partial charge in [0.25, 0.3) is 0 Å². The van der Waals surface area contributed by atoms with Crippen LogP contribution in [0.2, 0.25) is 0 Å². The fourth-order valence-corrected chi connectivity index (χ4v) is 5.33. The lowest BCUT2D eigenvalue weighted by atomic mass is 10.2. The summed E-state index contributed by atoms with van der Waals surface area (Å²) in [5.41, 5.74) is 0. The van der Waals surface area contributed by atoms with Crippen LogP contribution in [0.15, 0.2) is 29.2 Å². The molecule has 0 saturated heterocycles. The number of fused-ring (bicyclic) bond motifs is 1. The van der Waals surface area contributed by atoms with Gasteiger partial charge >= 0.3 is 0 Å². The molecule has 1 aliphatic rings. The zero-order chi connectivity index (χ0) is 14.2. The second-order valence-electron chi connectivity index (χ2n) is 5.18. The summed E-state index contributed by atoms with van der Waals surface area (Å²) in [5.74, 6) is 0.530. The van der Waals surface area contributed by atoms with Gasteiger partial charge in [-0.2, -0.15) is 0 Å². The molecule has 1 saturated carbocycles. The number of thiophene rings is 1. The Labute approximate surface area is 123 Å². The first-order valence-electron chi connectivity index (χ1n) is 6.76. The van der Waals surface area contributed by atoms with E-state index in [9.17, 15) is 8.42 Å². The lowest BCUT2D eigenvalue weighted by molar-refractivity contribution is 0.577. The average Bonchev–Trinajstić information content (AvgIpc) is 3.17. The molecule has 6 heteroatoms. The lowest BCUT2D eigenvalue weighted by Gasteiger charge is -2.08. The monoisotopic (exact) mass is 310 g/mol. The van der Waals surface area contributed by atoms with Gasteiger partial charge in [-0.3, -0.25) is 0 Å². The fourth-order valence-electron chi connectivity index (χ4n) is 2.27. The Morgan fingerprint density at radius 1 is 1.30 bits per heavy atom. The Morgan fingerprint density at radius 3 is 2.75 bits per heavy atom. The highest BCUT2D eigenvalue weighted by atomic mass is 32.2. The van der Waals surface area contributed by atoms with Crippen molar-refractivity contribution in [3.8, 4) is 0 Å². The van der Waals surface area contributed by atoms with Crippen molar-refractivity contribution in [3.63, 3.8) is 0 Å². The smallest absolute Gasteiger partial charge is 0.242 e. The molecule has 108 valence electrons. The second-order valence-corrected chi connectivity index (χ2v) is 8.02. The minimum Gasteiger partial charge on any atom is -0.315 e. The Balaban J connectivity index is 2.04. The predicted molar refractivity (Wildman–Crippen MR) is 82.5 cm³/mol. The van der Waals surface area contributed by atoms with Crippen molar-refractivity contribution in [2.24, 2.45) is 5.92 Å². The number of hydrogen-bond donors (Lipinski definition) is 2. The van der Waals surface area contributed by atoms with Crippen LogP contribution in [0.5, 0.6) is 0 Å². The van der Waals surface area contributed by atoms with E-state index < -0.39 is 10.0 Å². The molecule has 1 heterocycles. The zero-order valence-electron chi connectivity index (χ0n) is 11.3. The number of benzene rings is 1. The van der Waals surface area contributed by atoms with Crippen molar-refractivity contribution in [3.05, 3.63) is 29.1 Å². The molecule has 2 N–H and O–H groups in total. The molecular weight excluding hydrogens is 292 g/mol. The second kappa shape index (κ2) is 5.44. The predicted octanol–water partition coefficient (Wildman–Crippen LogP) is 2.31. The summed E-state index contributed by atoms with van der Waals surface area (Å²) < 4.78 is 29.0. The van der Waals surface area contributed by atoms with Crippen LogP contribution in [0.1, 0.15) is 17.7 Å². The molecule has 0 bridgehead atoms. The highest BCUT2D eigenvalue weighted by molar-refractivity contribution is 7.90. The maximum atomic E-state index is 12.6. The minimum absolute atomic E-state index is 0.452. The molecule has 4 nitrogen and oxygen atoms in total. The molecule has 0 spiro atoms. The Hall–Kier alpha value is -0.950. The SMILES string of the molecule is CNCc1sc2ccccc2c1S(=O)(=O)NCC1CC1. The van der Waals surface area contributed by atoms with Crippen molar-refractivity contribution in [2.75, 3.05) is 13.6 Å². The summed E-state index contributed by atoms with van der Waals surface area (Å²) in [7, 11) is -1.60. The lowest BCUT2D eigenvalue weighted by Crippen LogP contribution is -2.26. The third-order valence-corrected chi connectivity index (χ3v) is 6.33. The van der Waals surface area contributed by atoms with Gasteiger partial charge in [-0.15, -0.1) is 11.3 Å². The molecule has 0 radical (unpaired) electrons. The van der Waals surface area contributed by atoms with E-state index in [1.807, 2.05) is 31.3 Å². The van der Waals surface area contributed by atoms with Gasteiger partial charge in [-0.05, 0) is 31.9 Å². The van der Waals surface area contributed by atoms with Gasteiger partial charge in [-0.1, -0.05) is 18.2 Å². The largest absolute Gasteiger partial charge is 0.315 e. The summed E-state index contributed by atoms with van der Waals surface area (Å²) in [5, 5.41) is 3.88. The standard InChI is InChI=1S/C14H18N2O2S2/c1-15-9-13-14(11-4-2-3-5-12(11)19-13)20(17,18)16-8-10-6-7-10/h2-5,10,15-16H,6-9H2,1H3. The van der Waals surface area contributed by atoms with E-state index >= 15 is 0 Å². The molecule has 1 aliphatic carbocycles. The molecule has 0 unspecified atom stereocenters. The summed E-state index contributed by atoms with van der Waals surface area (Å²) in [6.45, 7) is 1.13. The van der Waals surface area contributed by atoms with Crippen LogP contribution in [0.4, 0.5) is 0 Å². The van der Waals surface area contributed by atoms with Gasteiger partial charge in [-0.25, -0.2) is 13.1 Å². The van der Waals surface area contributed by atoms with Crippen molar-refractivity contribution >= 4 is 31.4 Å². The van der Waals surface area contributed by atoms with Crippen LogP contribution >= 0.6 is 11.3 Å². The minimum atomic E-state index is -3.43. The maximum Gasteiger partial charge on any atom is 0.242 e. The van der Waals surface area contributed by atoms with E-state index in [0.29, 0.717) is 23.9 Å². The van der Waals surface area contributed by atoms with Gasteiger partial charge in [0.1, 0.15) is 4.90 Å². The van der Waals surface area contributed by atoms with E-state index in [2.05, 4.69) is 10.0 Å². The van der Waals surface area contributed by atoms with Gasteiger partial charge in [0, 0.05) is 28.1 Å². The van der Waals surface area contributed by atoms with Crippen LogP contribution in [-0.2, 0) is 16.6 Å². The Kier molecular flexibility index (Phi) is 3.81. The molecule has 1 aromatic heterocycles. The van der Waals surface area contributed by atoms with Crippen LogP contribution in [0.3, 0.4) is 0 Å². The molecule has 0 atom stereocenters. The van der Waals surface area contributed by atoms with Crippen molar-refractivity contribution in [2.45, 2.75) is 24.3 Å². The normalized spacial score (nSPS) is 15.8. The van der Waals surface area contributed by atoms with Crippen molar-refractivity contribution in [1.82, 2.24) is 10.0 Å². The summed E-state index contributed by atoms with van der Waals surface area (Å²) >= 11 is 1.54. The van der Waals surface area contributed by atoms with E-state index in [1.165, 1.54) is 0 Å². The number of hydrogen-bond acceptors (Lipinski definition) is 4. The number of rotatable bonds is 6. The summed E-state index contributed by atoms with van der Waals surface area (Å²) in [6, 6.07) is 7.68. The zero-order valence-corrected chi connectivity index (χ0v) is 13.0. The molecule has 1 aromatic carbocycles. The van der Waals surface area contributed by atoms with Crippen LogP contribution < -0.4 is 10.0 Å². The van der Waals surface area contributed by atoms with Crippen LogP contribution in [0.25, 0.3) is 10.1 Å². The highest BCUT2D eigenvalue weighted by Gasteiger charge is 2.27. The molecular formula is C14H18N2O2S2. The van der Waals surface area contributed by atoms with Crippen LogP contribution in [-0.4, -0.2) is 22.0 Å². The molecule has 0 aliphatic heterocycles. The number of sulfonamides is 1. The number of nitrogens with one attached hydrogen (secondary N) is 2. The maximum absolute atomic E-state index is 12.6. The molecule has 2 aromatic rings. The highest BCUT2D eigenvalue weighted by Crippen LogP contribution is 2.35. The first-order valence-corrected chi connectivity index (χ1v) is 9.06. The average molecular weight is 310 g/mol. The van der Waals surface area contributed by atoms with Crippen LogP contribution in [0, 0.1) is 5.92 Å². The first-order chi connectivity index (χ1) is 9.62. The summed E-state index contributed by atoms with van der Waals surface area (Å²) in [4.78, 5) is 1.32. The van der Waals surface area contributed by atoms with E-state index in [4.69, 9.17) is 0 Å². The summed E-state index contributed by atoms with van der Waals surface area (Å²) in [6.07, 6.45) is 2.27. The third kappa shape index (κ3) is 2.74. The Morgan fingerprint density at radius 2 is 2.05 bits per heavy atom. The third-order valence-electron chi connectivity index (χ3n) is 3.48. The Bertz CT molecular complexity index is 718. The molecule has 0 amide bonds. The van der Waals surface area contributed by atoms with Crippen molar-refractivity contribution < 1.29 is 8.42 Å². The van der Waals surface area contributed by atoms with Gasteiger partial charge in [0.2, 0.25) is 10.0 Å². The van der Waals surface area contributed by atoms with Crippen molar-refractivity contribution in [1.29, 1.82) is 0 Å². The van der Waals surface area contributed by atoms with E-state index in [1.54, 1.807) is 11.3 Å². The topological polar surface area (TPSA) is 58.2 Å².